The molecule has 1 heterocycles. The smallest absolute Gasteiger partial charge is 0.241 e. The third-order valence-electron chi connectivity index (χ3n) is 4.10. The Labute approximate surface area is 153 Å². The predicted molar refractivity (Wildman–Crippen MR) is 99.8 cm³/mol. The Hall–Kier alpha value is -2.57. The van der Waals surface area contributed by atoms with Crippen molar-refractivity contribution in [2.24, 2.45) is 0 Å². The zero-order chi connectivity index (χ0) is 18.7. The number of nitrogens with one attached hydrogen (secondary N) is 1. The predicted octanol–water partition coefficient (Wildman–Crippen LogP) is 3.97. The molecule has 0 amide bonds. The average Bonchev–Trinajstić information content (AvgIpc) is 3.06. The van der Waals surface area contributed by atoms with Crippen LogP contribution in [0.3, 0.4) is 0 Å². The van der Waals surface area contributed by atoms with Crippen molar-refractivity contribution in [1.82, 2.24) is 4.72 Å². The Balaban J connectivity index is 1.99. The molecule has 0 fully saturated rings. The molecule has 1 aromatic heterocycles. The SMILES string of the molecule is COc1ccc([C@@H](NS(=O)(=O)c2ccc(C)cc2)c2ccc(C)o2)cc1. The minimum Gasteiger partial charge on any atom is -0.497 e. The van der Waals surface area contributed by atoms with Crippen molar-refractivity contribution in [3.63, 3.8) is 0 Å². The quantitative estimate of drug-likeness (QED) is 0.712. The fraction of sp³-hybridized carbons (Fsp3) is 0.200. The van der Waals surface area contributed by atoms with Crippen molar-refractivity contribution in [1.29, 1.82) is 0 Å². The van der Waals surface area contributed by atoms with Gasteiger partial charge in [-0.2, -0.15) is 4.72 Å². The maximum atomic E-state index is 12.9. The van der Waals surface area contributed by atoms with Crippen molar-refractivity contribution in [2.75, 3.05) is 7.11 Å². The van der Waals surface area contributed by atoms with Crippen molar-refractivity contribution >= 4 is 10.0 Å². The summed E-state index contributed by atoms with van der Waals surface area (Å²) in [5, 5.41) is 0. The Morgan fingerprint density at radius 2 is 1.58 bits per heavy atom. The number of hydrogen-bond donors (Lipinski definition) is 1. The number of rotatable bonds is 6. The number of ether oxygens (including phenoxy) is 1. The van der Waals surface area contributed by atoms with Crippen LogP contribution in [0.4, 0.5) is 0 Å². The minimum absolute atomic E-state index is 0.213. The minimum atomic E-state index is -3.72. The zero-order valence-corrected chi connectivity index (χ0v) is 15.7. The molecule has 0 aliphatic carbocycles. The van der Waals surface area contributed by atoms with E-state index in [1.165, 1.54) is 0 Å². The highest BCUT2D eigenvalue weighted by Gasteiger charge is 2.25. The number of benzene rings is 2. The Kier molecular flexibility index (Phi) is 5.15. The summed E-state index contributed by atoms with van der Waals surface area (Å²) < 4.78 is 39.3. The lowest BCUT2D eigenvalue weighted by Gasteiger charge is -2.18. The molecule has 0 bridgehead atoms. The molecule has 0 saturated carbocycles. The van der Waals surface area contributed by atoms with Crippen LogP contribution in [-0.4, -0.2) is 15.5 Å². The van der Waals surface area contributed by atoms with Crippen LogP contribution in [0.15, 0.2) is 70.0 Å². The largest absolute Gasteiger partial charge is 0.497 e. The first-order valence-corrected chi connectivity index (χ1v) is 9.66. The highest BCUT2D eigenvalue weighted by molar-refractivity contribution is 7.89. The zero-order valence-electron chi connectivity index (χ0n) is 14.9. The molecule has 0 unspecified atom stereocenters. The molecule has 0 spiro atoms. The first-order chi connectivity index (χ1) is 12.4. The van der Waals surface area contributed by atoms with Gasteiger partial charge in [-0.25, -0.2) is 8.42 Å². The Morgan fingerprint density at radius 1 is 0.923 bits per heavy atom. The van der Waals surface area contributed by atoms with Crippen LogP contribution in [0.1, 0.15) is 28.7 Å². The van der Waals surface area contributed by atoms with Gasteiger partial charge in [-0.3, -0.25) is 0 Å². The molecule has 136 valence electrons. The second-order valence-corrected chi connectivity index (χ2v) is 7.80. The van der Waals surface area contributed by atoms with Gasteiger partial charge in [0.25, 0.3) is 0 Å². The molecule has 3 aromatic rings. The summed E-state index contributed by atoms with van der Waals surface area (Å²) in [6.45, 7) is 3.73. The van der Waals surface area contributed by atoms with Crippen LogP contribution < -0.4 is 9.46 Å². The van der Waals surface area contributed by atoms with Crippen LogP contribution in [0.2, 0.25) is 0 Å². The first kappa shape index (κ1) is 18.2. The van der Waals surface area contributed by atoms with Gasteiger partial charge in [-0.15, -0.1) is 0 Å². The van der Waals surface area contributed by atoms with Gasteiger partial charge in [0.1, 0.15) is 23.3 Å². The van der Waals surface area contributed by atoms with E-state index in [4.69, 9.17) is 9.15 Å². The summed E-state index contributed by atoms with van der Waals surface area (Å²) in [7, 11) is -2.13. The van der Waals surface area contributed by atoms with E-state index in [1.807, 2.05) is 32.0 Å². The fourth-order valence-electron chi connectivity index (χ4n) is 2.64. The number of sulfonamides is 1. The van der Waals surface area contributed by atoms with Crippen molar-refractivity contribution in [2.45, 2.75) is 24.8 Å². The van der Waals surface area contributed by atoms with Gasteiger partial charge >= 0.3 is 0 Å². The third-order valence-corrected chi connectivity index (χ3v) is 5.54. The fourth-order valence-corrected chi connectivity index (χ4v) is 3.83. The number of methoxy groups -OCH3 is 1. The first-order valence-electron chi connectivity index (χ1n) is 8.18. The van der Waals surface area contributed by atoms with Crippen molar-refractivity contribution in [3.8, 4) is 5.75 Å². The third kappa shape index (κ3) is 3.98. The molecule has 0 aliphatic heterocycles. The molecule has 26 heavy (non-hydrogen) atoms. The number of hydrogen-bond acceptors (Lipinski definition) is 4. The lowest BCUT2D eigenvalue weighted by atomic mass is 10.1. The van der Waals surface area contributed by atoms with Gasteiger partial charge < -0.3 is 9.15 Å². The van der Waals surface area contributed by atoms with E-state index in [1.54, 1.807) is 49.6 Å². The lowest BCUT2D eigenvalue weighted by Crippen LogP contribution is -2.29. The van der Waals surface area contributed by atoms with Gasteiger partial charge in [0.15, 0.2) is 0 Å². The maximum absolute atomic E-state index is 12.9. The molecular formula is C20H21NO4S. The summed E-state index contributed by atoms with van der Waals surface area (Å²) in [5.74, 6) is 1.95. The summed E-state index contributed by atoms with van der Waals surface area (Å²) in [6.07, 6.45) is 0. The van der Waals surface area contributed by atoms with Crippen LogP contribution in [0.5, 0.6) is 5.75 Å². The molecular weight excluding hydrogens is 350 g/mol. The number of furan rings is 1. The van der Waals surface area contributed by atoms with Crippen LogP contribution >= 0.6 is 0 Å². The van der Waals surface area contributed by atoms with Gasteiger partial charge in [0.05, 0.1) is 12.0 Å². The Morgan fingerprint density at radius 3 is 2.12 bits per heavy atom. The second kappa shape index (κ2) is 7.35. The molecule has 0 aliphatic rings. The average molecular weight is 371 g/mol. The Bertz CT molecular complexity index is 973. The van der Waals surface area contributed by atoms with Crippen molar-refractivity contribution < 1.29 is 17.6 Å². The van der Waals surface area contributed by atoms with Crippen LogP contribution in [0, 0.1) is 13.8 Å². The molecule has 0 saturated heterocycles. The summed E-state index contributed by atoms with van der Waals surface area (Å²) >= 11 is 0. The van der Waals surface area contributed by atoms with Gasteiger partial charge in [0.2, 0.25) is 10.0 Å². The van der Waals surface area contributed by atoms with E-state index in [0.717, 1.165) is 11.1 Å². The standard InChI is InChI=1S/C20H21NO4S/c1-14-4-11-18(12-5-14)26(22,23)21-20(19-13-6-15(2)25-19)16-7-9-17(24-3)10-8-16/h4-13,20-21H,1-3H3/t20-/m1/s1. The molecule has 1 N–H and O–H groups in total. The topological polar surface area (TPSA) is 68.5 Å². The highest BCUT2D eigenvalue weighted by Crippen LogP contribution is 2.27. The van der Waals surface area contributed by atoms with E-state index in [0.29, 0.717) is 17.3 Å². The maximum Gasteiger partial charge on any atom is 0.241 e. The molecule has 2 aromatic carbocycles. The summed E-state index contributed by atoms with van der Waals surface area (Å²) in [6, 6.07) is 16.9. The monoisotopic (exact) mass is 371 g/mol. The van der Waals surface area contributed by atoms with Crippen molar-refractivity contribution in [3.05, 3.63) is 83.3 Å². The summed E-state index contributed by atoms with van der Waals surface area (Å²) in [4.78, 5) is 0.213. The van der Waals surface area contributed by atoms with E-state index in [9.17, 15) is 8.42 Å². The van der Waals surface area contributed by atoms with Crippen LogP contribution in [-0.2, 0) is 10.0 Å². The van der Waals surface area contributed by atoms with E-state index in [-0.39, 0.29) is 4.90 Å². The summed E-state index contributed by atoms with van der Waals surface area (Å²) in [5.41, 5.74) is 1.76. The second-order valence-electron chi connectivity index (χ2n) is 6.09. The lowest BCUT2D eigenvalue weighted by molar-refractivity contribution is 0.414. The molecule has 5 nitrogen and oxygen atoms in total. The molecule has 6 heteroatoms. The van der Waals surface area contributed by atoms with Gasteiger partial charge in [-0.05, 0) is 55.8 Å². The number of aryl methyl sites for hydroxylation is 2. The normalized spacial score (nSPS) is 12.7. The van der Waals surface area contributed by atoms with E-state index in [2.05, 4.69) is 4.72 Å². The molecule has 0 radical (unpaired) electrons. The highest BCUT2D eigenvalue weighted by atomic mass is 32.2. The van der Waals surface area contributed by atoms with Crippen LogP contribution in [0.25, 0.3) is 0 Å². The van der Waals surface area contributed by atoms with E-state index < -0.39 is 16.1 Å². The molecule has 1 atom stereocenters. The van der Waals surface area contributed by atoms with Gasteiger partial charge in [-0.1, -0.05) is 29.8 Å². The molecule has 3 rings (SSSR count). The van der Waals surface area contributed by atoms with Gasteiger partial charge in [0, 0.05) is 0 Å². The van der Waals surface area contributed by atoms with E-state index >= 15 is 0 Å².